The van der Waals surface area contributed by atoms with Gasteiger partial charge < -0.3 is 10.2 Å². The molecule has 27 heavy (non-hydrogen) atoms. The molecule has 1 atom stereocenters. The van der Waals surface area contributed by atoms with Crippen molar-refractivity contribution in [1.82, 2.24) is 9.88 Å². The molecule has 1 spiro atoms. The minimum absolute atomic E-state index is 0.163. The lowest BCUT2D eigenvalue weighted by molar-refractivity contribution is 0.130. The molecule has 2 aliphatic heterocycles. The van der Waals surface area contributed by atoms with Gasteiger partial charge in [-0.3, -0.25) is 4.98 Å². The van der Waals surface area contributed by atoms with E-state index in [2.05, 4.69) is 10.3 Å². The van der Waals surface area contributed by atoms with Crippen LogP contribution in [-0.4, -0.2) is 48.9 Å². The third kappa shape index (κ3) is 3.98. The van der Waals surface area contributed by atoms with Gasteiger partial charge >= 0.3 is 6.03 Å². The number of anilines is 1. The molecular formula is C20H23N3O3S. The fourth-order valence-corrected chi connectivity index (χ4v) is 6.35. The lowest BCUT2D eigenvalue weighted by Gasteiger charge is -2.39. The molecule has 0 bridgehead atoms. The maximum absolute atomic E-state index is 12.7. The molecule has 3 heterocycles. The average Bonchev–Trinajstić information content (AvgIpc) is 2.97. The quantitative estimate of drug-likeness (QED) is 0.861. The van der Waals surface area contributed by atoms with E-state index in [1.54, 1.807) is 11.1 Å². The van der Waals surface area contributed by atoms with Gasteiger partial charge in [0.15, 0.2) is 9.84 Å². The summed E-state index contributed by atoms with van der Waals surface area (Å²) in [6.45, 7) is 1.18. The van der Waals surface area contributed by atoms with Crippen LogP contribution >= 0.6 is 0 Å². The zero-order chi connectivity index (χ0) is 18.9. The zero-order valence-electron chi connectivity index (χ0n) is 15.1. The van der Waals surface area contributed by atoms with Crippen molar-refractivity contribution in [2.45, 2.75) is 19.3 Å². The van der Waals surface area contributed by atoms with Crippen molar-refractivity contribution in [1.29, 1.82) is 0 Å². The number of nitrogens with zero attached hydrogens (tertiary/aromatic N) is 2. The zero-order valence-corrected chi connectivity index (χ0v) is 15.9. The number of urea groups is 1. The Bertz CT molecular complexity index is 929. The van der Waals surface area contributed by atoms with E-state index >= 15 is 0 Å². The normalized spacial score (nSPS) is 24.1. The Morgan fingerprint density at radius 1 is 1.11 bits per heavy atom. The third-order valence-corrected chi connectivity index (χ3v) is 7.39. The first-order valence-corrected chi connectivity index (χ1v) is 11.0. The van der Waals surface area contributed by atoms with Crippen LogP contribution in [0.1, 0.15) is 19.3 Å². The molecule has 1 N–H and O–H groups in total. The molecule has 1 unspecified atom stereocenters. The van der Waals surface area contributed by atoms with Crippen molar-refractivity contribution in [3.8, 4) is 11.3 Å². The van der Waals surface area contributed by atoms with Gasteiger partial charge in [-0.05, 0) is 43.5 Å². The first-order chi connectivity index (χ1) is 12.9. The molecule has 2 amide bonds. The topological polar surface area (TPSA) is 79.4 Å². The number of pyridine rings is 1. The van der Waals surface area contributed by atoms with Crippen LogP contribution in [0.25, 0.3) is 11.3 Å². The summed E-state index contributed by atoms with van der Waals surface area (Å²) in [4.78, 5) is 18.8. The summed E-state index contributed by atoms with van der Waals surface area (Å²) in [5.74, 6) is 0.458. The van der Waals surface area contributed by atoms with Crippen LogP contribution in [0, 0.1) is 5.41 Å². The fraction of sp³-hybridized carbons (Fsp3) is 0.400. The van der Waals surface area contributed by atoms with Crippen LogP contribution in [-0.2, 0) is 9.84 Å². The van der Waals surface area contributed by atoms with E-state index in [4.69, 9.17) is 0 Å². The minimum Gasteiger partial charge on any atom is -0.324 e. The monoisotopic (exact) mass is 385 g/mol. The molecule has 0 aliphatic carbocycles. The highest BCUT2D eigenvalue weighted by Gasteiger charge is 2.45. The number of piperidine rings is 1. The predicted molar refractivity (Wildman–Crippen MR) is 105 cm³/mol. The van der Waals surface area contributed by atoms with E-state index in [1.165, 1.54) is 0 Å². The Morgan fingerprint density at radius 2 is 1.93 bits per heavy atom. The first-order valence-electron chi connectivity index (χ1n) is 9.23. The van der Waals surface area contributed by atoms with Crippen molar-refractivity contribution in [2.24, 2.45) is 5.41 Å². The third-order valence-electron chi connectivity index (χ3n) is 5.51. The summed E-state index contributed by atoms with van der Waals surface area (Å²) in [5, 5.41) is 2.93. The molecule has 2 aliphatic rings. The number of amides is 2. The van der Waals surface area contributed by atoms with Gasteiger partial charge in [-0.25, -0.2) is 13.2 Å². The largest absolute Gasteiger partial charge is 0.324 e. The molecule has 7 heteroatoms. The van der Waals surface area contributed by atoms with E-state index in [0.717, 1.165) is 29.8 Å². The number of nitrogens with one attached hydrogen (secondary N) is 1. The smallest absolute Gasteiger partial charge is 0.321 e. The molecular weight excluding hydrogens is 362 g/mol. The fourth-order valence-electron chi connectivity index (χ4n) is 4.15. The Kier molecular flexibility index (Phi) is 4.63. The number of aromatic nitrogens is 1. The van der Waals surface area contributed by atoms with Crippen molar-refractivity contribution in [3.63, 3.8) is 0 Å². The Labute approximate surface area is 159 Å². The standard InChI is InChI=1S/C20H23N3O3S/c24-19(23-12-3-9-20(14-23)10-13-27(25,26)15-20)22-17-7-5-16(6-8-17)18-4-1-2-11-21-18/h1-2,4-8,11H,3,9-10,12-15H2,(H,22,24). The van der Waals surface area contributed by atoms with E-state index in [-0.39, 0.29) is 23.0 Å². The highest BCUT2D eigenvalue weighted by Crippen LogP contribution is 2.40. The van der Waals surface area contributed by atoms with Crippen LogP contribution in [0.3, 0.4) is 0 Å². The second-order valence-electron chi connectivity index (χ2n) is 7.59. The highest BCUT2D eigenvalue weighted by molar-refractivity contribution is 7.91. The summed E-state index contributed by atoms with van der Waals surface area (Å²) >= 11 is 0. The van der Waals surface area contributed by atoms with Gasteiger partial charge in [0.2, 0.25) is 0 Å². The van der Waals surface area contributed by atoms with Crippen LogP contribution in [0.4, 0.5) is 10.5 Å². The molecule has 1 aromatic heterocycles. The molecule has 4 rings (SSSR count). The Hall–Kier alpha value is -2.41. The summed E-state index contributed by atoms with van der Waals surface area (Å²) in [6.07, 6.45) is 4.15. The lowest BCUT2D eigenvalue weighted by atomic mass is 9.80. The van der Waals surface area contributed by atoms with Crippen molar-refractivity contribution >= 4 is 21.6 Å². The number of hydrogen-bond donors (Lipinski definition) is 1. The summed E-state index contributed by atoms with van der Waals surface area (Å²) < 4.78 is 23.8. The van der Waals surface area contributed by atoms with E-state index in [9.17, 15) is 13.2 Å². The Morgan fingerprint density at radius 3 is 2.59 bits per heavy atom. The van der Waals surface area contributed by atoms with Crippen molar-refractivity contribution in [3.05, 3.63) is 48.7 Å². The van der Waals surface area contributed by atoms with Crippen LogP contribution < -0.4 is 5.32 Å². The van der Waals surface area contributed by atoms with E-state index < -0.39 is 9.84 Å². The predicted octanol–water partition coefficient (Wildman–Crippen LogP) is 3.18. The minimum atomic E-state index is -2.96. The van der Waals surface area contributed by atoms with Gasteiger partial charge in [-0.2, -0.15) is 0 Å². The van der Waals surface area contributed by atoms with Gasteiger partial charge in [0.1, 0.15) is 0 Å². The molecule has 6 nitrogen and oxygen atoms in total. The van der Waals surface area contributed by atoms with E-state index in [1.807, 2.05) is 42.5 Å². The lowest BCUT2D eigenvalue weighted by Crippen LogP contribution is -2.48. The van der Waals surface area contributed by atoms with Crippen LogP contribution in [0.15, 0.2) is 48.7 Å². The number of benzene rings is 1. The maximum atomic E-state index is 12.7. The molecule has 0 saturated carbocycles. The van der Waals surface area contributed by atoms with Crippen molar-refractivity contribution in [2.75, 3.05) is 29.9 Å². The first kappa shape index (κ1) is 18.0. The highest BCUT2D eigenvalue weighted by atomic mass is 32.2. The van der Waals surface area contributed by atoms with Gasteiger partial charge in [0.25, 0.3) is 0 Å². The number of carbonyl (C=O) groups excluding carboxylic acids is 1. The summed E-state index contributed by atoms with van der Waals surface area (Å²) in [5.41, 5.74) is 2.34. The van der Waals surface area contributed by atoms with Gasteiger partial charge in [0.05, 0.1) is 17.2 Å². The molecule has 2 aromatic rings. The van der Waals surface area contributed by atoms with Crippen molar-refractivity contribution < 1.29 is 13.2 Å². The number of carbonyl (C=O) groups is 1. The number of sulfone groups is 1. The van der Waals surface area contributed by atoms with Gasteiger partial charge in [-0.15, -0.1) is 0 Å². The average molecular weight is 385 g/mol. The van der Waals surface area contributed by atoms with Crippen LogP contribution in [0.2, 0.25) is 0 Å². The molecule has 142 valence electrons. The molecule has 2 fully saturated rings. The Balaban J connectivity index is 1.42. The van der Waals surface area contributed by atoms with E-state index in [0.29, 0.717) is 19.5 Å². The SMILES string of the molecule is O=C(Nc1ccc(-c2ccccn2)cc1)N1CCCC2(CCS(=O)(=O)C2)C1. The number of rotatable bonds is 2. The maximum Gasteiger partial charge on any atom is 0.321 e. The number of hydrogen-bond acceptors (Lipinski definition) is 4. The number of likely N-dealkylation sites (tertiary alicyclic amines) is 1. The summed E-state index contributed by atoms with van der Waals surface area (Å²) in [7, 11) is -2.96. The molecule has 1 aromatic carbocycles. The molecule has 2 saturated heterocycles. The second kappa shape index (κ2) is 6.96. The van der Waals surface area contributed by atoms with Gasteiger partial charge in [0, 0.05) is 36.0 Å². The summed E-state index contributed by atoms with van der Waals surface area (Å²) in [6, 6.07) is 13.2. The van der Waals surface area contributed by atoms with Crippen LogP contribution in [0.5, 0.6) is 0 Å². The second-order valence-corrected chi connectivity index (χ2v) is 9.77. The van der Waals surface area contributed by atoms with Gasteiger partial charge in [-0.1, -0.05) is 18.2 Å². The molecule has 0 radical (unpaired) electrons.